The van der Waals surface area contributed by atoms with E-state index in [1.54, 1.807) is 6.08 Å². The molecule has 3 N–H and O–H groups in total. The highest BCUT2D eigenvalue weighted by Crippen LogP contribution is 2.16. The largest absolute Gasteiger partial charge is 0.466 e. The number of rotatable bonds is 55. The lowest BCUT2D eigenvalue weighted by molar-refractivity contribution is -0.143. The van der Waals surface area contributed by atoms with Gasteiger partial charge in [0.1, 0.15) is 0 Å². The molecule has 0 spiro atoms. The van der Waals surface area contributed by atoms with Crippen LogP contribution in [-0.2, 0) is 14.3 Å². The van der Waals surface area contributed by atoms with Crippen molar-refractivity contribution in [1.29, 1.82) is 0 Å². The van der Waals surface area contributed by atoms with Crippen LogP contribution < -0.4 is 5.32 Å². The number of amides is 1. The van der Waals surface area contributed by atoms with E-state index in [9.17, 15) is 19.8 Å². The molecule has 0 radical (unpaired) electrons. The number of hydrogen-bond acceptors (Lipinski definition) is 5. The first kappa shape index (κ1) is 65.1. The Hall–Kier alpha value is -1.92. The van der Waals surface area contributed by atoms with Gasteiger partial charge in [0.15, 0.2) is 0 Å². The van der Waals surface area contributed by atoms with E-state index in [0.717, 1.165) is 51.4 Å². The van der Waals surface area contributed by atoms with Gasteiger partial charge in [-0.05, 0) is 83.5 Å². The van der Waals surface area contributed by atoms with Crippen LogP contribution >= 0.6 is 0 Å². The molecule has 394 valence electrons. The normalized spacial score (nSPS) is 12.8. The minimum atomic E-state index is -0.848. The molecule has 0 saturated heterocycles. The summed E-state index contributed by atoms with van der Waals surface area (Å²) >= 11 is 0. The van der Waals surface area contributed by atoms with Crippen LogP contribution in [0.5, 0.6) is 0 Å². The van der Waals surface area contributed by atoms with Crippen LogP contribution in [0.4, 0.5) is 0 Å². The third kappa shape index (κ3) is 53.3. The van der Waals surface area contributed by atoms with E-state index < -0.39 is 12.1 Å². The second-order valence-electron chi connectivity index (χ2n) is 20.3. The molecule has 2 atom stereocenters. The van der Waals surface area contributed by atoms with E-state index in [0.29, 0.717) is 19.4 Å². The molecule has 1 amide bonds. The fraction of sp³-hybridized carbons (Fsp3) is 0.869. The number of carbonyl (C=O) groups is 2. The van der Waals surface area contributed by atoms with Crippen LogP contribution in [0.3, 0.4) is 0 Å². The van der Waals surface area contributed by atoms with Crippen LogP contribution in [-0.4, -0.2) is 47.4 Å². The van der Waals surface area contributed by atoms with Gasteiger partial charge in [-0.3, -0.25) is 9.59 Å². The number of ether oxygens (including phenoxy) is 1. The zero-order chi connectivity index (χ0) is 48.6. The van der Waals surface area contributed by atoms with Gasteiger partial charge < -0.3 is 20.3 Å². The first-order valence-corrected chi connectivity index (χ1v) is 29.8. The van der Waals surface area contributed by atoms with Crippen LogP contribution in [0, 0.1) is 0 Å². The van der Waals surface area contributed by atoms with Crippen molar-refractivity contribution in [3.05, 3.63) is 36.5 Å². The lowest BCUT2D eigenvalue weighted by atomic mass is 10.0. The Balaban J connectivity index is 3.42. The zero-order valence-electron chi connectivity index (χ0n) is 44.9. The molecule has 0 aromatic heterocycles. The first-order valence-electron chi connectivity index (χ1n) is 29.8. The summed E-state index contributed by atoms with van der Waals surface area (Å²) in [7, 11) is 0. The van der Waals surface area contributed by atoms with E-state index in [1.807, 2.05) is 6.08 Å². The number of hydrogen-bond donors (Lipinski definition) is 3. The summed E-state index contributed by atoms with van der Waals surface area (Å²) in [5.74, 6) is -0.0724. The van der Waals surface area contributed by atoms with Crippen LogP contribution in [0.2, 0.25) is 0 Å². The lowest BCUT2D eigenvalue weighted by Gasteiger charge is -2.20. The van der Waals surface area contributed by atoms with Crippen molar-refractivity contribution in [3.8, 4) is 0 Å². The topological polar surface area (TPSA) is 95.9 Å². The van der Waals surface area contributed by atoms with Crippen molar-refractivity contribution < 1.29 is 24.5 Å². The molecule has 0 rings (SSSR count). The molecular formula is C61H115NO5. The van der Waals surface area contributed by atoms with E-state index >= 15 is 0 Å². The SMILES string of the molecule is CCCCCCCC/C=C\CCCCCCCCCC(=O)OCCCCCCCCCCCC/C=C\CCCCCCCCCC(=O)NC(CO)C(O)/C=C/CCCCCCCCCCCC. The minimum absolute atomic E-state index is 0.00402. The third-order valence-corrected chi connectivity index (χ3v) is 13.6. The van der Waals surface area contributed by atoms with Gasteiger partial charge in [0, 0.05) is 12.8 Å². The number of allylic oxidation sites excluding steroid dienone is 5. The molecule has 0 aliphatic heterocycles. The van der Waals surface area contributed by atoms with Crippen LogP contribution in [0.1, 0.15) is 316 Å². The summed E-state index contributed by atoms with van der Waals surface area (Å²) in [6.45, 7) is 4.89. The standard InChI is InChI=1S/C61H115NO5/c1-3-5-7-9-11-13-15-17-18-24-28-31-35-39-43-47-51-55-61(66)67-56-52-48-44-40-36-32-29-26-23-21-19-20-22-25-27-30-34-38-42-46-50-54-60(65)62-58(57-63)59(64)53-49-45-41-37-33-16-14-12-10-8-6-4-2/h17-18,20,22,49,53,58-59,63-64H,3-16,19,21,23-48,50-52,54-57H2,1-2H3,(H,62,65)/b18-17-,22-20-,53-49+. The highest BCUT2D eigenvalue weighted by atomic mass is 16.5. The molecule has 2 unspecified atom stereocenters. The highest BCUT2D eigenvalue weighted by molar-refractivity contribution is 5.76. The molecule has 67 heavy (non-hydrogen) atoms. The number of nitrogens with one attached hydrogen (secondary N) is 1. The number of esters is 1. The van der Waals surface area contributed by atoms with Gasteiger partial charge in [0.25, 0.3) is 0 Å². The summed E-state index contributed by atoms with van der Waals surface area (Å²) in [6, 6.07) is -0.633. The molecule has 0 fully saturated rings. The molecule has 0 aromatic carbocycles. The molecule has 6 nitrogen and oxygen atoms in total. The van der Waals surface area contributed by atoms with Gasteiger partial charge in [-0.15, -0.1) is 0 Å². The number of aliphatic hydroxyl groups is 2. The number of unbranched alkanes of at least 4 members (excludes halogenated alkanes) is 40. The Morgan fingerprint density at radius 2 is 0.701 bits per heavy atom. The van der Waals surface area contributed by atoms with Crippen molar-refractivity contribution in [1.82, 2.24) is 5.32 Å². The molecule has 0 bridgehead atoms. The predicted molar refractivity (Wildman–Crippen MR) is 292 cm³/mol. The Morgan fingerprint density at radius 1 is 0.403 bits per heavy atom. The monoisotopic (exact) mass is 942 g/mol. The number of aliphatic hydroxyl groups excluding tert-OH is 2. The van der Waals surface area contributed by atoms with E-state index in [1.165, 1.54) is 238 Å². The minimum Gasteiger partial charge on any atom is -0.466 e. The van der Waals surface area contributed by atoms with E-state index in [2.05, 4.69) is 43.5 Å². The van der Waals surface area contributed by atoms with Crippen LogP contribution in [0.15, 0.2) is 36.5 Å². The average Bonchev–Trinajstić information content (AvgIpc) is 3.33. The van der Waals surface area contributed by atoms with Gasteiger partial charge in [0.05, 0.1) is 25.4 Å². The molecule has 6 heteroatoms. The lowest BCUT2D eigenvalue weighted by Crippen LogP contribution is -2.45. The molecule has 0 aliphatic rings. The fourth-order valence-electron chi connectivity index (χ4n) is 9.03. The Kier molecular flexibility index (Phi) is 55.0. The smallest absolute Gasteiger partial charge is 0.305 e. The Bertz CT molecular complexity index is 1090. The second kappa shape index (κ2) is 56.7. The zero-order valence-corrected chi connectivity index (χ0v) is 44.9. The Labute approximate surface area is 417 Å². The van der Waals surface area contributed by atoms with Crippen LogP contribution in [0.25, 0.3) is 0 Å². The predicted octanol–water partition coefficient (Wildman–Crippen LogP) is 18.4. The highest BCUT2D eigenvalue weighted by Gasteiger charge is 2.18. The van der Waals surface area contributed by atoms with Gasteiger partial charge in [0.2, 0.25) is 5.91 Å². The van der Waals surface area contributed by atoms with Crippen molar-refractivity contribution in [2.45, 2.75) is 328 Å². The maximum atomic E-state index is 12.4. The van der Waals surface area contributed by atoms with Gasteiger partial charge in [-0.25, -0.2) is 0 Å². The number of carbonyl (C=O) groups excluding carboxylic acids is 2. The summed E-state index contributed by atoms with van der Waals surface area (Å²) in [4.78, 5) is 24.5. The third-order valence-electron chi connectivity index (χ3n) is 13.6. The molecular weight excluding hydrogens is 827 g/mol. The molecule has 0 heterocycles. The van der Waals surface area contributed by atoms with E-state index in [4.69, 9.17) is 4.74 Å². The van der Waals surface area contributed by atoms with Crippen molar-refractivity contribution in [2.75, 3.05) is 13.2 Å². The fourth-order valence-corrected chi connectivity index (χ4v) is 9.03. The van der Waals surface area contributed by atoms with Gasteiger partial charge in [-0.2, -0.15) is 0 Å². The second-order valence-corrected chi connectivity index (χ2v) is 20.3. The van der Waals surface area contributed by atoms with Crippen molar-refractivity contribution >= 4 is 11.9 Å². The van der Waals surface area contributed by atoms with Gasteiger partial charge >= 0.3 is 5.97 Å². The average molecular weight is 943 g/mol. The first-order chi connectivity index (χ1) is 33.0. The molecule has 0 aliphatic carbocycles. The maximum Gasteiger partial charge on any atom is 0.305 e. The summed E-state index contributed by atoms with van der Waals surface area (Å²) in [6.07, 6.45) is 70.3. The summed E-state index contributed by atoms with van der Waals surface area (Å²) in [5, 5.41) is 23.0. The van der Waals surface area contributed by atoms with E-state index in [-0.39, 0.29) is 18.5 Å². The molecule has 0 saturated carbocycles. The maximum absolute atomic E-state index is 12.4. The molecule has 0 aromatic rings. The summed E-state index contributed by atoms with van der Waals surface area (Å²) < 4.78 is 5.49. The Morgan fingerprint density at radius 3 is 1.06 bits per heavy atom. The summed E-state index contributed by atoms with van der Waals surface area (Å²) in [5.41, 5.74) is 0. The van der Waals surface area contributed by atoms with Crippen molar-refractivity contribution in [2.24, 2.45) is 0 Å². The quantitative estimate of drug-likeness (QED) is 0.0321. The van der Waals surface area contributed by atoms with Gasteiger partial charge in [-0.1, -0.05) is 256 Å². The van der Waals surface area contributed by atoms with Crippen molar-refractivity contribution in [3.63, 3.8) is 0 Å².